The lowest BCUT2D eigenvalue weighted by atomic mass is 9.75. The molecule has 0 aliphatic rings. The highest BCUT2D eigenvalue weighted by Gasteiger charge is 2.29. The first-order valence-corrected chi connectivity index (χ1v) is 14.0. The van der Waals surface area contributed by atoms with Crippen LogP contribution in [0.3, 0.4) is 0 Å². The van der Waals surface area contributed by atoms with Crippen LogP contribution in [-0.4, -0.2) is 55.5 Å². The summed E-state index contributed by atoms with van der Waals surface area (Å²) in [4.78, 5) is 37.2. The number of carbonyl (C=O) groups excluding carboxylic acids is 3. The predicted octanol–water partition coefficient (Wildman–Crippen LogP) is 2.36. The summed E-state index contributed by atoms with van der Waals surface area (Å²) in [5.74, 6) is -0.806. The molecule has 2 amide bonds. The van der Waals surface area contributed by atoms with E-state index in [4.69, 9.17) is 10.3 Å². The fourth-order valence-corrected chi connectivity index (χ4v) is 5.09. The van der Waals surface area contributed by atoms with Gasteiger partial charge >= 0.3 is 0 Å². The maximum absolute atomic E-state index is 12.7. The standard InChI is InChI=1S/C26H43N3O6S/c1-17(2)12-21(27)22(30)9-8-20-14-18(3)13-19(4)25(20)26(5,6)15-23(31)29-16-24(32)28-10-7-11-36(33,34)35/h13-14,17,21H,7-12,15-16,27H2,1-6H3,(H,28,32)(H,29,31)(H,33,34,35)/t21-/m0/s1. The fraction of sp³-hybridized carbons (Fsp3) is 0.654. The van der Waals surface area contributed by atoms with E-state index < -0.39 is 33.2 Å². The van der Waals surface area contributed by atoms with Crippen molar-refractivity contribution in [3.63, 3.8) is 0 Å². The Balaban J connectivity index is 2.80. The number of rotatable bonds is 15. The number of ketones is 1. The second-order valence-corrected chi connectivity index (χ2v) is 12.2. The Kier molecular flexibility index (Phi) is 12.2. The smallest absolute Gasteiger partial charge is 0.264 e. The molecule has 0 fully saturated rings. The summed E-state index contributed by atoms with van der Waals surface area (Å²) >= 11 is 0. The van der Waals surface area contributed by atoms with Gasteiger partial charge in [-0.25, -0.2) is 0 Å². The van der Waals surface area contributed by atoms with E-state index in [1.165, 1.54) is 0 Å². The van der Waals surface area contributed by atoms with Crippen molar-refractivity contribution in [3.8, 4) is 0 Å². The molecule has 1 rings (SSSR count). The van der Waals surface area contributed by atoms with E-state index in [2.05, 4.69) is 22.8 Å². The van der Waals surface area contributed by atoms with Gasteiger partial charge in [0.2, 0.25) is 11.8 Å². The Hall–Kier alpha value is -2.30. The molecule has 0 aliphatic carbocycles. The highest BCUT2D eigenvalue weighted by atomic mass is 32.2. The van der Waals surface area contributed by atoms with Crippen molar-refractivity contribution in [2.24, 2.45) is 11.7 Å². The number of hydrogen-bond donors (Lipinski definition) is 4. The van der Waals surface area contributed by atoms with Gasteiger partial charge in [-0.3, -0.25) is 18.9 Å². The van der Waals surface area contributed by atoms with Crippen LogP contribution in [0.15, 0.2) is 12.1 Å². The molecule has 5 N–H and O–H groups in total. The predicted molar refractivity (Wildman–Crippen MR) is 141 cm³/mol. The van der Waals surface area contributed by atoms with E-state index in [0.29, 0.717) is 25.2 Å². The Morgan fingerprint density at radius 1 is 1.08 bits per heavy atom. The Morgan fingerprint density at radius 3 is 2.31 bits per heavy atom. The van der Waals surface area contributed by atoms with Crippen molar-refractivity contribution in [2.45, 2.75) is 85.1 Å². The number of Topliss-reactive ketones (excluding diaryl/α,β-unsaturated/α-hetero) is 1. The van der Waals surface area contributed by atoms with Crippen molar-refractivity contribution in [1.82, 2.24) is 10.6 Å². The zero-order valence-corrected chi connectivity index (χ0v) is 23.3. The maximum Gasteiger partial charge on any atom is 0.264 e. The van der Waals surface area contributed by atoms with Crippen LogP contribution < -0.4 is 16.4 Å². The number of benzene rings is 1. The van der Waals surface area contributed by atoms with Crippen molar-refractivity contribution in [2.75, 3.05) is 18.8 Å². The fourth-order valence-electron chi connectivity index (χ4n) is 4.58. The number of aryl methyl sites for hydroxylation is 3. The minimum absolute atomic E-state index is 0.0342. The Bertz CT molecular complexity index is 1030. The third kappa shape index (κ3) is 11.6. The molecule has 1 atom stereocenters. The van der Waals surface area contributed by atoms with Crippen LogP contribution >= 0.6 is 0 Å². The molecule has 0 saturated heterocycles. The van der Waals surface area contributed by atoms with E-state index in [-0.39, 0.29) is 37.6 Å². The molecule has 1 aromatic carbocycles. The molecule has 0 spiro atoms. The molecule has 0 radical (unpaired) electrons. The van der Waals surface area contributed by atoms with Crippen LogP contribution in [0.4, 0.5) is 0 Å². The molecule has 9 nitrogen and oxygen atoms in total. The van der Waals surface area contributed by atoms with Crippen LogP contribution in [0, 0.1) is 19.8 Å². The van der Waals surface area contributed by atoms with Crippen LogP contribution in [0.2, 0.25) is 0 Å². The molecule has 0 bridgehead atoms. The molecule has 0 unspecified atom stereocenters. The number of nitrogens with two attached hydrogens (primary N) is 1. The van der Waals surface area contributed by atoms with Gasteiger partial charge in [0.25, 0.3) is 10.1 Å². The van der Waals surface area contributed by atoms with Crippen LogP contribution in [0.25, 0.3) is 0 Å². The number of carbonyl (C=O) groups is 3. The van der Waals surface area contributed by atoms with Crippen molar-refractivity contribution < 1.29 is 27.4 Å². The molecule has 0 saturated carbocycles. The molecule has 204 valence electrons. The van der Waals surface area contributed by atoms with E-state index in [0.717, 1.165) is 22.3 Å². The summed E-state index contributed by atoms with van der Waals surface area (Å²) < 4.78 is 30.1. The first kappa shape index (κ1) is 31.7. The molecular weight excluding hydrogens is 482 g/mol. The van der Waals surface area contributed by atoms with Gasteiger partial charge in [0.15, 0.2) is 0 Å². The zero-order valence-electron chi connectivity index (χ0n) is 22.4. The molecule has 0 aromatic heterocycles. The lowest BCUT2D eigenvalue weighted by Gasteiger charge is -2.30. The second kappa shape index (κ2) is 13.9. The normalized spacial score (nSPS) is 12.9. The van der Waals surface area contributed by atoms with Gasteiger partial charge in [-0.1, -0.05) is 45.4 Å². The average molecular weight is 526 g/mol. The van der Waals surface area contributed by atoms with Gasteiger partial charge in [0.05, 0.1) is 18.3 Å². The monoisotopic (exact) mass is 525 g/mol. The summed E-state index contributed by atoms with van der Waals surface area (Å²) in [6.07, 6.45) is 1.74. The Morgan fingerprint density at radius 2 is 1.72 bits per heavy atom. The first-order valence-electron chi connectivity index (χ1n) is 12.4. The zero-order chi connectivity index (χ0) is 27.7. The highest BCUT2D eigenvalue weighted by Crippen LogP contribution is 2.34. The largest absolute Gasteiger partial charge is 0.355 e. The Labute approximate surface area is 215 Å². The molecule has 0 heterocycles. The quantitative estimate of drug-likeness (QED) is 0.202. The molecule has 10 heteroatoms. The SMILES string of the molecule is Cc1cc(C)c(C(C)(C)CC(=O)NCC(=O)NCCCS(=O)(=O)O)c(CCC(=O)[C@@H](N)CC(C)C)c1. The highest BCUT2D eigenvalue weighted by molar-refractivity contribution is 7.85. The number of hydrogen-bond acceptors (Lipinski definition) is 6. The van der Waals surface area contributed by atoms with Crippen LogP contribution in [0.1, 0.15) is 75.6 Å². The summed E-state index contributed by atoms with van der Waals surface area (Å²) in [7, 11) is -4.07. The minimum Gasteiger partial charge on any atom is -0.355 e. The van der Waals surface area contributed by atoms with Gasteiger partial charge in [0.1, 0.15) is 5.78 Å². The van der Waals surface area contributed by atoms with Gasteiger partial charge < -0.3 is 16.4 Å². The summed E-state index contributed by atoms with van der Waals surface area (Å²) in [6, 6.07) is 3.64. The van der Waals surface area contributed by atoms with Gasteiger partial charge in [-0.2, -0.15) is 8.42 Å². The number of amides is 2. The summed E-state index contributed by atoms with van der Waals surface area (Å²) in [5, 5.41) is 5.12. The summed E-state index contributed by atoms with van der Waals surface area (Å²) in [5.41, 5.74) is 9.68. The maximum atomic E-state index is 12.7. The number of nitrogens with one attached hydrogen (secondary N) is 2. The van der Waals surface area contributed by atoms with E-state index >= 15 is 0 Å². The van der Waals surface area contributed by atoms with Gasteiger partial charge in [-0.15, -0.1) is 0 Å². The lowest BCUT2D eigenvalue weighted by molar-refractivity contribution is -0.126. The summed E-state index contributed by atoms with van der Waals surface area (Å²) in [6.45, 7) is 11.9. The van der Waals surface area contributed by atoms with Crippen molar-refractivity contribution in [1.29, 1.82) is 0 Å². The van der Waals surface area contributed by atoms with Crippen molar-refractivity contribution >= 4 is 27.7 Å². The van der Waals surface area contributed by atoms with Crippen LogP contribution in [0.5, 0.6) is 0 Å². The van der Waals surface area contributed by atoms with E-state index in [9.17, 15) is 22.8 Å². The second-order valence-electron chi connectivity index (χ2n) is 10.6. The molecular formula is C26H43N3O6S. The van der Waals surface area contributed by atoms with Crippen LogP contribution in [-0.2, 0) is 36.3 Å². The topological polar surface area (TPSA) is 156 Å². The lowest BCUT2D eigenvalue weighted by Crippen LogP contribution is -2.39. The first-order chi connectivity index (χ1) is 16.5. The molecule has 36 heavy (non-hydrogen) atoms. The van der Waals surface area contributed by atoms with E-state index in [1.807, 2.05) is 41.5 Å². The van der Waals surface area contributed by atoms with E-state index in [1.54, 1.807) is 0 Å². The molecule has 1 aromatic rings. The van der Waals surface area contributed by atoms with Gasteiger partial charge in [0, 0.05) is 19.4 Å². The van der Waals surface area contributed by atoms with Crippen molar-refractivity contribution in [3.05, 3.63) is 34.4 Å². The third-order valence-corrected chi connectivity index (χ3v) is 6.77. The molecule has 0 aliphatic heterocycles. The minimum atomic E-state index is -4.07. The average Bonchev–Trinajstić information content (AvgIpc) is 2.71. The third-order valence-electron chi connectivity index (χ3n) is 5.97. The van der Waals surface area contributed by atoms with Gasteiger partial charge in [-0.05, 0) is 61.1 Å².